The lowest BCUT2D eigenvalue weighted by molar-refractivity contribution is 0.516. The molecule has 1 nitrogen and oxygen atoms in total. The lowest BCUT2D eigenvalue weighted by atomic mass is 10.0. The van der Waals surface area contributed by atoms with Crippen LogP contribution in [-0.2, 0) is 0 Å². The van der Waals surface area contributed by atoms with Gasteiger partial charge in [-0.05, 0) is 17.7 Å². The molecule has 0 atom stereocenters. The molecular formula is C10H9FN. The summed E-state index contributed by atoms with van der Waals surface area (Å²) in [5.41, 5.74) is 1.37. The molecule has 12 heavy (non-hydrogen) atoms. The summed E-state index contributed by atoms with van der Waals surface area (Å²) in [6.07, 6.45) is 0. The number of hydrogen-bond acceptors (Lipinski definition) is 1. The quantitative estimate of drug-likeness (QED) is 0.655. The maximum absolute atomic E-state index is 12.2. The fourth-order valence-electron chi connectivity index (χ4n) is 0.931. The van der Waals surface area contributed by atoms with E-state index in [0.29, 0.717) is 11.5 Å². The van der Waals surface area contributed by atoms with Gasteiger partial charge in [0.1, 0.15) is 0 Å². The predicted molar refractivity (Wildman–Crippen MR) is 45.2 cm³/mol. The average Bonchev–Trinajstić information content (AvgIpc) is 2.17. The summed E-state index contributed by atoms with van der Waals surface area (Å²) in [6.45, 7) is 1.26. The van der Waals surface area contributed by atoms with Crippen molar-refractivity contribution >= 4 is 0 Å². The van der Waals surface area contributed by atoms with Gasteiger partial charge in [-0.1, -0.05) is 19.1 Å². The van der Waals surface area contributed by atoms with E-state index in [1.807, 2.05) is 6.07 Å². The Balaban J connectivity index is 2.95. The van der Waals surface area contributed by atoms with Crippen LogP contribution in [0.4, 0.5) is 4.39 Å². The van der Waals surface area contributed by atoms with Crippen LogP contribution >= 0.6 is 0 Å². The van der Waals surface area contributed by atoms with Gasteiger partial charge in [-0.3, -0.25) is 4.39 Å². The Morgan fingerprint density at radius 2 is 2.33 bits per heavy atom. The maximum atomic E-state index is 12.2. The average molecular weight is 162 g/mol. The summed E-state index contributed by atoms with van der Waals surface area (Å²) in [5.74, 6) is 0.659. The van der Waals surface area contributed by atoms with Gasteiger partial charge in [0.25, 0.3) is 0 Å². The van der Waals surface area contributed by atoms with Crippen molar-refractivity contribution in [2.45, 2.75) is 6.92 Å². The highest BCUT2D eigenvalue weighted by molar-refractivity contribution is 5.38. The molecule has 1 rings (SSSR count). The summed E-state index contributed by atoms with van der Waals surface area (Å²) in [5, 5.41) is 8.56. The van der Waals surface area contributed by atoms with Gasteiger partial charge in [0.05, 0.1) is 18.3 Å². The Morgan fingerprint density at radius 1 is 1.58 bits per heavy atom. The van der Waals surface area contributed by atoms with Gasteiger partial charge in [0, 0.05) is 5.92 Å². The monoisotopic (exact) mass is 162 g/mol. The van der Waals surface area contributed by atoms with E-state index in [1.54, 1.807) is 31.2 Å². The molecule has 0 aromatic heterocycles. The van der Waals surface area contributed by atoms with E-state index in [2.05, 4.69) is 0 Å². The molecule has 0 aliphatic heterocycles. The molecule has 0 amide bonds. The summed E-state index contributed by atoms with van der Waals surface area (Å²) in [6, 6.07) is 8.96. The highest BCUT2D eigenvalue weighted by atomic mass is 19.1. The molecular weight excluding hydrogens is 153 g/mol. The molecule has 0 fully saturated rings. The van der Waals surface area contributed by atoms with E-state index in [-0.39, 0.29) is 0 Å². The SMILES string of the molecule is C[C](CF)c1cccc(C#N)c1. The minimum atomic E-state index is -0.463. The zero-order valence-electron chi connectivity index (χ0n) is 6.84. The first-order valence-corrected chi connectivity index (χ1v) is 3.67. The van der Waals surface area contributed by atoms with Crippen LogP contribution in [0.5, 0.6) is 0 Å². The molecule has 1 radical (unpaired) electrons. The molecule has 0 bridgehead atoms. The molecule has 0 aliphatic carbocycles. The van der Waals surface area contributed by atoms with Crippen LogP contribution in [0, 0.1) is 17.2 Å². The molecule has 1 aromatic rings. The third kappa shape index (κ3) is 1.82. The summed E-state index contributed by atoms with van der Waals surface area (Å²) < 4.78 is 12.2. The topological polar surface area (TPSA) is 23.8 Å². The Hall–Kier alpha value is -1.36. The van der Waals surface area contributed by atoms with Gasteiger partial charge >= 0.3 is 0 Å². The second-order valence-corrected chi connectivity index (χ2v) is 2.61. The molecule has 0 aliphatic rings. The molecule has 0 unspecified atom stereocenters. The van der Waals surface area contributed by atoms with Gasteiger partial charge in [0.15, 0.2) is 0 Å². The van der Waals surface area contributed by atoms with Crippen LogP contribution in [-0.4, -0.2) is 6.67 Å². The van der Waals surface area contributed by atoms with Crippen molar-refractivity contribution < 1.29 is 4.39 Å². The largest absolute Gasteiger partial charge is 0.250 e. The lowest BCUT2D eigenvalue weighted by Crippen LogP contribution is -1.96. The Kier molecular flexibility index (Phi) is 2.82. The van der Waals surface area contributed by atoms with E-state index in [4.69, 9.17) is 5.26 Å². The molecule has 0 N–H and O–H groups in total. The van der Waals surface area contributed by atoms with E-state index >= 15 is 0 Å². The third-order valence-electron chi connectivity index (χ3n) is 1.68. The first-order chi connectivity index (χ1) is 5.77. The second kappa shape index (κ2) is 3.87. The van der Waals surface area contributed by atoms with Gasteiger partial charge in [-0.15, -0.1) is 0 Å². The smallest absolute Gasteiger partial charge is 0.0997 e. The van der Waals surface area contributed by atoms with Crippen molar-refractivity contribution in [1.29, 1.82) is 5.26 Å². The molecule has 61 valence electrons. The fourth-order valence-corrected chi connectivity index (χ4v) is 0.931. The standard InChI is InChI=1S/C10H9FN/c1-8(6-11)10-4-2-3-9(5-10)7-12/h2-5H,6H2,1H3. The summed E-state index contributed by atoms with van der Waals surface area (Å²) in [4.78, 5) is 0. The molecule has 2 heteroatoms. The second-order valence-electron chi connectivity index (χ2n) is 2.61. The fraction of sp³-hybridized carbons (Fsp3) is 0.200. The van der Waals surface area contributed by atoms with Crippen LogP contribution in [0.25, 0.3) is 0 Å². The molecule has 0 saturated heterocycles. The van der Waals surface area contributed by atoms with Crippen molar-refractivity contribution in [2.24, 2.45) is 0 Å². The number of nitriles is 1. The highest BCUT2D eigenvalue weighted by Crippen LogP contribution is 2.15. The zero-order valence-corrected chi connectivity index (χ0v) is 6.84. The molecule has 0 heterocycles. The maximum Gasteiger partial charge on any atom is 0.0997 e. The van der Waals surface area contributed by atoms with Crippen molar-refractivity contribution in [3.05, 3.63) is 41.3 Å². The van der Waals surface area contributed by atoms with E-state index in [1.165, 1.54) is 0 Å². The van der Waals surface area contributed by atoms with Crippen LogP contribution in [0.3, 0.4) is 0 Å². The first-order valence-electron chi connectivity index (χ1n) is 3.67. The highest BCUT2D eigenvalue weighted by Gasteiger charge is 2.05. The molecule has 1 aromatic carbocycles. The lowest BCUT2D eigenvalue weighted by Gasteiger charge is -2.05. The number of rotatable bonds is 2. The van der Waals surface area contributed by atoms with Gasteiger partial charge in [-0.25, -0.2) is 0 Å². The van der Waals surface area contributed by atoms with Gasteiger partial charge < -0.3 is 0 Å². The molecule has 0 spiro atoms. The minimum Gasteiger partial charge on any atom is -0.250 e. The van der Waals surface area contributed by atoms with Crippen LogP contribution in [0.1, 0.15) is 18.1 Å². The normalized spacial score (nSPS) is 9.83. The Labute approximate surface area is 71.4 Å². The van der Waals surface area contributed by atoms with Crippen molar-refractivity contribution in [1.82, 2.24) is 0 Å². The number of nitrogens with zero attached hydrogens (tertiary/aromatic N) is 1. The van der Waals surface area contributed by atoms with Crippen LogP contribution in [0.2, 0.25) is 0 Å². The molecule has 0 saturated carbocycles. The summed E-state index contributed by atoms with van der Waals surface area (Å²) in [7, 11) is 0. The number of hydrogen-bond donors (Lipinski definition) is 0. The van der Waals surface area contributed by atoms with Crippen molar-refractivity contribution in [2.75, 3.05) is 6.67 Å². The first kappa shape index (κ1) is 8.73. The number of halogens is 1. The van der Waals surface area contributed by atoms with Crippen molar-refractivity contribution in [3.63, 3.8) is 0 Å². The van der Waals surface area contributed by atoms with E-state index in [0.717, 1.165) is 5.56 Å². The Bertz CT molecular complexity index is 301. The number of benzene rings is 1. The summed E-state index contributed by atoms with van der Waals surface area (Å²) >= 11 is 0. The van der Waals surface area contributed by atoms with Gasteiger partial charge in [0.2, 0.25) is 0 Å². The van der Waals surface area contributed by atoms with Crippen molar-refractivity contribution in [3.8, 4) is 6.07 Å². The van der Waals surface area contributed by atoms with E-state index in [9.17, 15) is 4.39 Å². The van der Waals surface area contributed by atoms with E-state index < -0.39 is 6.67 Å². The predicted octanol–water partition coefficient (Wildman–Crippen LogP) is 2.47. The third-order valence-corrected chi connectivity index (χ3v) is 1.68. The number of alkyl halides is 1. The van der Waals surface area contributed by atoms with Crippen LogP contribution in [0.15, 0.2) is 24.3 Å². The van der Waals surface area contributed by atoms with Gasteiger partial charge in [-0.2, -0.15) is 5.26 Å². The minimum absolute atomic E-state index is 0.463. The zero-order chi connectivity index (χ0) is 8.97. The Morgan fingerprint density at radius 3 is 2.92 bits per heavy atom. The van der Waals surface area contributed by atoms with Crippen LogP contribution < -0.4 is 0 Å².